The van der Waals surface area contributed by atoms with Crippen molar-refractivity contribution in [3.63, 3.8) is 0 Å². The molecule has 1 aromatic rings. The highest BCUT2D eigenvalue weighted by molar-refractivity contribution is 7.10. The van der Waals surface area contributed by atoms with Gasteiger partial charge in [-0.1, -0.05) is 0 Å². The lowest BCUT2D eigenvalue weighted by molar-refractivity contribution is -0.146. The highest BCUT2D eigenvalue weighted by Crippen LogP contribution is 2.32. The van der Waals surface area contributed by atoms with E-state index in [0.29, 0.717) is 12.8 Å². The minimum atomic E-state index is -0.711. The molecule has 4 nitrogen and oxygen atoms in total. The Morgan fingerprint density at radius 3 is 2.60 bits per heavy atom. The summed E-state index contributed by atoms with van der Waals surface area (Å²) in [6, 6.07) is 2.11. The number of hydrogen-bond acceptors (Lipinski definition) is 3. The predicted octanol–water partition coefficient (Wildman–Crippen LogP) is 2.52. The number of thiophene rings is 1. The summed E-state index contributed by atoms with van der Waals surface area (Å²) in [5.41, 5.74) is 1.29. The Kier molecular flexibility index (Phi) is 3.78. The molecule has 1 aliphatic carbocycles. The third-order valence-corrected chi connectivity index (χ3v) is 5.57. The summed E-state index contributed by atoms with van der Waals surface area (Å²) < 4.78 is 0. The van der Waals surface area contributed by atoms with Crippen LogP contribution in [-0.4, -0.2) is 28.4 Å². The summed E-state index contributed by atoms with van der Waals surface area (Å²) in [5, 5.41) is 11.1. The molecule has 0 saturated heterocycles. The van der Waals surface area contributed by atoms with Crippen LogP contribution in [0.5, 0.6) is 0 Å². The topological polar surface area (TPSA) is 57.6 Å². The molecule has 20 heavy (non-hydrogen) atoms. The molecule has 5 heteroatoms. The first-order valence-corrected chi connectivity index (χ1v) is 8.10. The molecule has 2 aliphatic rings. The summed E-state index contributed by atoms with van der Waals surface area (Å²) in [4.78, 5) is 26.9. The van der Waals surface area contributed by atoms with Crippen molar-refractivity contribution in [3.05, 3.63) is 21.9 Å². The van der Waals surface area contributed by atoms with Gasteiger partial charge >= 0.3 is 5.97 Å². The molecule has 0 radical (unpaired) electrons. The van der Waals surface area contributed by atoms with Crippen LogP contribution in [-0.2, 0) is 22.6 Å². The van der Waals surface area contributed by atoms with Gasteiger partial charge in [0.25, 0.3) is 0 Å². The lowest BCUT2D eigenvalue weighted by atomic mass is 9.81. The van der Waals surface area contributed by atoms with E-state index in [0.717, 1.165) is 32.4 Å². The third kappa shape index (κ3) is 2.59. The molecule has 0 bridgehead atoms. The fraction of sp³-hybridized carbons (Fsp3) is 0.600. The summed E-state index contributed by atoms with van der Waals surface area (Å²) >= 11 is 1.77. The van der Waals surface area contributed by atoms with Crippen molar-refractivity contribution in [1.29, 1.82) is 0 Å². The van der Waals surface area contributed by atoms with Crippen LogP contribution in [0.15, 0.2) is 11.4 Å². The summed E-state index contributed by atoms with van der Waals surface area (Å²) in [5.74, 6) is -0.697. The molecule has 3 rings (SSSR count). The number of nitrogens with zero attached hydrogens (tertiary/aromatic N) is 1. The zero-order chi connectivity index (χ0) is 14.1. The van der Waals surface area contributed by atoms with Gasteiger partial charge in [0.15, 0.2) is 0 Å². The van der Waals surface area contributed by atoms with Gasteiger partial charge in [-0.2, -0.15) is 0 Å². The van der Waals surface area contributed by atoms with E-state index in [2.05, 4.69) is 11.4 Å². The van der Waals surface area contributed by atoms with E-state index in [1.807, 2.05) is 4.90 Å². The Hall–Kier alpha value is -1.36. The number of hydrogen-bond donors (Lipinski definition) is 1. The van der Waals surface area contributed by atoms with Crippen LogP contribution in [0.25, 0.3) is 0 Å². The molecule has 0 aromatic carbocycles. The van der Waals surface area contributed by atoms with E-state index >= 15 is 0 Å². The lowest BCUT2D eigenvalue weighted by Gasteiger charge is -2.33. The van der Waals surface area contributed by atoms with Crippen LogP contribution in [0.3, 0.4) is 0 Å². The Labute approximate surface area is 122 Å². The van der Waals surface area contributed by atoms with Crippen molar-refractivity contribution in [1.82, 2.24) is 4.90 Å². The number of aliphatic carboxylic acids is 1. The maximum absolute atomic E-state index is 12.5. The average Bonchev–Trinajstić information content (AvgIpc) is 2.94. The van der Waals surface area contributed by atoms with Crippen LogP contribution in [0, 0.1) is 11.8 Å². The SMILES string of the molecule is O=C(O)C1CCC(C(=O)N2CCc3sccc3C2)CC1. The number of fused-ring (bicyclic) bond motifs is 1. The second kappa shape index (κ2) is 5.56. The quantitative estimate of drug-likeness (QED) is 0.911. The van der Waals surface area contributed by atoms with Crippen LogP contribution in [0.4, 0.5) is 0 Å². The second-order valence-corrected chi connectivity index (χ2v) is 6.77. The fourth-order valence-electron chi connectivity index (χ4n) is 3.28. The van der Waals surface area contributed by atoms with Gasteiger partial charge in [0.2, 0.25) is 5.91 Å². The molecule has 108 valence electrons. The van der Waals surface area contributed by atoms with Crippen molar-refractivity contribution in [2.45, 2.75) is 38.6 Å². The smallest absolute Gasteiger partial charge is 0.306 e. The number of carboxylic acids is 1. The Balaban J connectivity index is 1.59. The standard InChI is InChI=1S/C15H19NO3S/c17-14(10-1-3-11(4-2-10)15(18)19)16-7-5-13-12(9-16)6-8-20-13/h6,8,10-11H,1-5,7,9H2,(H,18,19). The van der Waals surface area contributed by atoms with E-state index in [1.165, 1.54) is 10.4 Å². The predicted molar refractivity (Wildman–Crippen MR) is 76.5 cm³/mol. The largest absolute Gasteiger partial charge is 0.481 e. The lowest BCUT2D eigenvalue weighted by Crippen LogP contribution is -2.40. The molecule has 1 fully saturated rings. The normalized spacial score (nSPS) is 26.1. The minimum absolute atomic E-state index is 0.0331. The highest BCUT2D eigenvalue weighted by atomic mass is 32.1. The summed E-state index contributed by atoms with van der Waals surface area (Å²) in [7, 11) is 0. The minimum Gasteiger partial charge on any atom is -0.481 e. The van der Waals surface area contributed by atoms with Crippen molar-refractivity contribution >= 4 is 23.2 Å². The van der Waals surface area contributed by atoms with Gasteiger partial charge in [-0.15, -0.1) is 11.3 Å². The second-order valence-electron chi connectivity index (χ2n) is 5.77. The molecule has 1 N–H and O–H groups in total. The van der Waals surface area contributed by atoms with E-state index in [9.17, 15) is 9.59 Å². The zero-order valence-corrected chi connectivity index (χ0v) is 12.2. The first-order chi connectivity index (χ1) is 9.65. The van der Waals surface area contributed by atoms with Gasteiger partial charge in [-0.25, -0.2) is 0 Å². The van der Waals surface area contributed by atoms with Crippen LogP contribution >= 0.6 is 11.3 Å². The maximum Gasteiger partial charge on any atom is 0.306 e. The number of carboxylic acid groups (broad SMARTS) is 1. The van der Waals surface area contributed by atoms with Crippen LogP contribution in [0.2, 0.25) is 0 Å². The number of amides is 1. The van der Waals surface area contributed by atoms with Gasteiger partial charge < -0.3 is 10.0 Å². The van der Waals surface area contributed by atoms with Gasteiger partial charge in [-0.05, 0) is 49.1 Å². The summed E-state index contributed by atoms with van der Waals surface area (Å²) in [6.07, 6.45) is 3.70. The van der Waals surface area contributed by atoms with E-state index in [-0.39, 0.29) is 17.7 Å². The van der Waals surface area contributed by atoms with E-state index in [1.54, 1.807) is 11.3 Å². The first kappa shape index (κ1) is 13.6. The monoisotopic (exact) mass is 293 g/mol. The zero-order valence-electron chi connectivity index (χ0n) is 11.4. The third-order valence-electron chi connectivity index (χ3n) is 4.55. The number of carbonyl (C=O) groups is 2. The molecular weight excluding hydrogens is 274 g/mol. The molecule has 0 spiro atoms. The molecule has 0 atom stereocenters. The van der Waals surface area contributed by atoms with Crippen molar-refractivity contribution < 1.29 is 14.7 Å². The van der Waals surface area contributed by atoms with Gasteiger partial charge in [-0.3, -0.25) is 9.59 Å². The van der Waals surface area contributed by atoms with Crippen molar-refractivity contribution in [2.24, 2.45) is 11.8 Å². The molecular formula is C15H19NO3S. The molecule has 0 unspecified atom stereocenters. The van der Waals surface area contributed by atoms with Crippen molar-refractivity contribution in [3.8, 4) is 0 Å². The highest BCUT2D eigenvalue weighted by Gasteiger charge is 2.33. The van der Waals surface area contributed by atoms with E-state index < -0.39 is 5.97 Å². The average molecular weight is 293 g/mol. The fourth-order valence-corrected chi connectivity index (χ4v) is 4.17. The molecule has 2 heterocycles. The summed E-state index contributed by atoms with van der Waals surface area (Å²) in [6.45, 7) is 1.54. The Morgan fingerprint density at radius 1 is 1.20 bits per heavy atom. The molecule has 1 aliphatic heterocycles. The van der Waals surface area contributed by atoms with Gasteiger partial charge in [0.1, 0.15) is 0 Å². The molecule has 1 saturated carbocycles. The van der Waals surface area contributed by atoms with Crippen LogP contribution in [0.1, 0.15) is 36.1 Å². The van der Waals surface area contributed by atoms with Crippen molar-refractivity contribution in [2.75, 3.05) is 6.54 Å². The van der Waals surface area contributed by atoms with Gasteiger partial charge in [0.05, 0.1) is 5.92 Å². The Bertz CT molecular complexity index is 517. The van der Waals surface area contributed by atoms with E-state index in [4.69, 9.17) is 5.11 Å². The molecule has 1 amide bonds. The molecule has 1 aromatic heterocycles. The first-order valence-electron chi connectivity index (χ1n) is 7.22. The number of carbonyl (C=O) groups excluding carboxylic acids is 1. The van der Waals surface area contributed by atoms with Gasteiger partial charge in [0, 0.05) is 23.9 Å². The van der Waals surface area contributed by atoms with Crippen LogP contribution < -0.4 is 0 Å². The number of rotatable bonds is 2. The Morgan fingerprint density at radius 2 is 1.90 bits per heavy atom. The maximum atomic E-state index is 12.5.